The molecular weight excluding hydrogens is 332 g/mol. The number of hydrogen-bond donors (Lipinski definition) is 1. The Kier molecular flexibility index (Phi) is 5.16. The van der Waals surface area contributed by atoms with Crippen LogP contribution in [0, 0.1) is 6.92 Å². The van der Waals surface area contributed by atoms with E-state index >= 15 is 0 Å². The maximum absolute atomic E-state index is 12.2. The normalized spacial score (nSPS) is 13.2. The number of aromatic nitrogens is 2. The Morgan fingerprint density at radius 3 is 2.31 bits per heavy atom. The number of fused-ring (bicyclic) bond motifs is 1. The van der Waals surface area contributed by atoms with Crippen molar-refractivity contribution in [3.8, 4) is 0 Å². The smallest absolute Gasteiger partial charge is 0.261 e. The predicted octanol–water partition coefficient (Wildman–Crippen LogP) is 2.52. The molecule has 0 aliphatic carbocycles. The monoisotopic (exact) mass is 354 g/mol. The minimum atomic E-state index is -0.226. The van der Waals surface area contributed by atoms with E-state index in [0.717, 1.165) is 17.8 Å². The number of unbranched alkanes of at least 4 members (excludes halogenated alkanes) is 2. The molecule has 0 spiro atoms. The third-order valence-corrected chi connectivity index (χ3v) is 4.67. The van der Waals surface area contributed by atoms with Gasteiger partial charge in [0.1, 0.15) is 0 Å². The number of anilines is 1. The maximum Gasteiger partial charge on any atom is 0.261 e. The highest BCUT2D eigenvalue weighted by atomic mass is 16.2. The molecule has 26 heavy (non-hydrogen) atoms. The third-order valence-electron chi connectivity index (χ3n) is 4.67. The van der Waals surface area contributed by atoms with Crippen molar-refractivity contribution in [2.45, 2.75) is 32.6 Å². The van der Waals surface area contributed by atoms with Gasteiger partial charge in [0.15, 0.2) is 0 Å². The second-order valence-corrected chi connectivity index (χ2v) is 6.43. The number of aryl methyl sites for hydroxylation is 1. The second-order valence-electron chi connectivity index (χ2n) is 6.43. The standard InChI is InChI=1S/C19H22N4O3/c1-13-16(12-20-22(13)2)21-17(24)10-4-3-7-11-23-18(25)14-8-5-6-9-15(14)19(23)26/h5-6,8-9,12H,3-4,7,10-11H2,1-2H3,(H,21,24). The molecule has 1 N–H and O–H groups in total. The topological polar surface area (TPSA) is 84.3 Å². The number of nitrogens with zero attached hydrogens (tertiary/aromatic N) is 3. The van der Waals surface area contributed by atoms with Gasteiger partial charge in [-0.05, 0) is 31.9 Å². The molecule has 0 radical (unpaired) electrons. The lowest BCUT2D eigenvalue weighted by atomic mass is 10.1. The van der Waals surface area contributed by atoms with E-state index in [-0.39, 0.29) is 17.7 Å². The summed E-state index contributed by atoms with van der Waals surface area (Å²) in [6, 6.07) is 6.88. The largest absolute Gasteiger partial charge is 0.323 e. The number of carbonyl (C=O) groups is 3. The van der Waals surface area contributed by atoms with Crippen LogP contribution < -0.4 is 5.32 Å². The van der Waals surface area contributed by atoms with E-state index in [1.165, 1.54) is 4.90 Å². The molecule has 1 aromatic carbocycles. The zero-order chi connectivity index (χ0) is 18.7. The molecule has 3 amide bonds. The van der Waals surface area contributed by atoms with Crippen molar-refractivity contribution in [3.63, 3.8) is 0 Å². The molecule has 0 bridgehead atoms. The average Bonchev–Trinajstić information content (AvgIpc) is 3.07. The van der Waals surface area contributed by atoms with Crippen LogP contribution in [0.5, 0.6) is 0 Å². The fourth-order valence-electron chi connectivity index (χ4n) is 3.01. The Morgan fingerprint density at radius 2 is 1.73 bits per heavy atom. The summed E-state index contributed by atoms with van der Waals surface area (Å²) in [6.07, 6.45) is 4.19. The van der Waals surface area contributed by atoms with E-state index in [4.69, 9.17) is 0 Å². The number of hydrogen-bond acceptors (Lipinski definition) is 4. The van der Waals surface area contributed by atoms with Crippen LogP contribution >= 0.6 is 0 Å². The van der Waals surface area contributed by atoms with Crippen molar-refractivity contribution < 1.29 is 14.4 Å². The summed E-state index contributed by atoms with van der Waals surface area (Å²) >= 11 is 0. The third kappa shape index (κ3) is 3.51. The Balaban J connectivity index is 1.40. The Bertz CT molecular complexity index is 821. The lowest BCUT2D eigenvalue weighted by molar-refractivity contribution is -0.116. The summed E-state index contributed by atoms with van der Waals surface area (Å²) in [4.78, 5) is 37.8. The van der Waals surface area contributed by atoms with Crippen LogP contribution in [-0.4, -0.2) is 38.9 Å². The molecule has 1 aliphatic rings. The van der Waals surface area contributed by atoms with Gasteiger partial charge in [-0.3, -0.25) is 24.0 Å². The molecule has 0 fully saturated rings. The van der Waals surface area contributed by atoms with Gasteiger partial charge in [-0.2, -0.15) is 5.10 Å². The van der Waals surface area contributed by atoms with E-state index in [2.05, 4.69) is 10.4 Å². The Morgan fingerprint density at radius 1 is 1.08 bits per heavy atom. The van der Waals surface area contributed by atoms with Crippen LogP contribution in [0.3, 0.4) is 0 Å². The van der Waals surface area contributed by atoms with Gasteiger partial charge in [-0.1, -0.05) is 18.6 Å². The first-order valence-corrected chi connectivity index (χ1v) is 8.72. The number of nitrogens with one attached hydrogen (secondary N) is 1. The predicted molar refractivity (Wildman–Crippen MR) is 96.9 cm³/mol. The van der Waals surface area contributed by atoms with Crippen LogP contribution in [0.25, 0.3) is 0 Å². The molecule has 136 valence electrons. The van der Waals surface area contributed by atoms with Crippen LogP contribution in [0.15, 0.2) is 30.5 Å². The van der Waals surface area contributed by atoms with E-state index in [1.54, 1.807) is 35.1 Å². The quantitative estimate of drug-likeness (QED) is 0.612. The lowest BCUT2D eigenvalue weighted by Gasteiger charge is -2.13. The van der Waals surface area contributed by atoms with Gasteiger partial charge in [0.05, 0.1) is 28.7 Å². The summed E-state index contributed by atoms with van der Waals surface area (Å²) in [5, 5.41) is 6.94. The lowest BCUT2D eigenvalue weighted by Crippen LogP contribution is -2.30. The minimum Gasteiger partial charge on any atom is -0.323 e. The molecule has 0 unspecified atom stereocenters. The van der Waals surface area contributed by atoms with Crippen molar-refractivity contribution in [1.29, 1.82) is 0 Å². The van der Waals surface area contributed by atoms with Crippen molar-refractivity contribution in [1.82, 2.24) is 14.7 Å². The second kappa shape index (κ2) is 7.51. The highest BCUT2D eigenvalue weighted by Gasteiger charge is 2.34. The Labute approximate surface area is 152 Å². The molecular formula is C19H22N4O3. The van der Waals surface area contributed by atoms with Crippen LogP contribution in [0.1, 0.15) is 52.1 Å². The van der Waals surface area contributed by atoms with Gasteiger partial charge >= 0.3 is 0 Å². The average molecular weight is 354 g/mol. The molecule has 0 saturated heterocycles. The van der Waals surface area contributed by atoms with Crippen LogP contribution in [-0.2, 0) is 11.8 Å². The molecule has 1 aliphatic heterocycles. The summed E-state index contributed by atoms with van der Waals surface area (Å²) in [5.41, 5.74) is 2.58. The molecule has 1 aromatic heterocycles. The number of benzene rings is 1. The maximum atomic E-state index is 12.2. The van der Waals surface area contributed by atoms with Crippen molar-refractivity contribution in [3.05, 3.63) is 47.3 Å². The summed E-state index contributed by atoms with van der Waals surface area (Å²) in [7, 11) is 1.82. The molecule has 0 atom stereocenters. The van der Waals surface area contributed by atoms with E-state index < -0.39 is 0 Å². The zero-order valence-electron chi connectivity index (χ0n) is 15.0. The molecule has 2 heterocycles. The van der Waals surface area contributed by atoms with Crippen molar-refractivity contribution in [2.75, 3.05) is 11.9 Å². The van der Waals surface area contributed by atoms with Crippen LogP contribution in [0.4, 0.5) is 5.69 Å². The van der Waals surface area contributed by atoms with E-state index in [1.807, 2.05) is 14.0 Å². The number of amides is 3. The zero-order valence-corrected chi connectivity index (χ0v) is 15.0. The van der Waals surface area contributed by atoms with Crippen molar-refractivity contribution >= 4 is 23.4 Å². The molecule has 2 aromatic rings. The molecule has 0 saturated carbocycles. The first kappa shape index (κ1) is 17.8. The van der Waals surface area contributed by atoms with Crippen molar-refractivity contribution in [2.24, 2.45) is 7.05 Å². The highest BCUT2D eigenvalue weighted by Crippen LogP contribution is 2.22. The molecule has 3 rings (SSSR count). The highest BCUT2D eigenvalue weighted by molar-refractivity contribution is 6.21. The van der Waals surface area contributed by atoms with E-state index in [9.17, 15) is 14.4 Å². The van der Waals surface area contributed by atoms with Gasteiger partial charge in [0, 0.05) is 20.0 Å². The Hall–Kier alpha value is -2.96. The first-order valence-electron chi connectivity index (χ1n) is 8.72. The van der Waals surface area contributed by atoms with Gasteiger partial charge in [0.25, 0.3) is 11.8 Å². The van der Waals surface area contributed by atoms with E-state index in [0.29, 0.717) is 36.9 Å². The summed E-state index contributed by atoms with van der Waals surface area (Å²) in [5.74, 6) is -0.507. The molecule has 7 heteroatoms. The van der Waals surface area contributed by atoms with Gasteiger partial charge in [-0.25, -0.2) is 0 Å². The van der Waals surface area contributed by atoms with Gasteiger partial charge < -0.3 is 5.32 Å². The summed E-state index contributed by atoms with van der Waals surface area (Å²) in [6.45, 7) is 2.28. The molecule has 7 nitrogen and oxygen atoms in total. The fourth-order valence-corrected chi connectivity index (χ4v) is 3.01. The first-order chi connectivity index (χ1) is 12.5. The summed E-state index contributed by atoms with van der Waals surface area (Å²) < 4.78 is 1.71. The number of imide groups is 1. The van der Waals surface area contributed by atoms with Gasteiger partial charge in [-0.15, -0.1) is 0 Å². The SMILES string of the molecule is Cc1c(NC(=O)CCCCCN2C(=O)c3ccccc3C2=O)cnn1C. The number of carbonyl (C=O) groups excluding carboxylic acids is 3. The fraction of sp³-hybridized carbons (Fsp3) is 0.368. The van der Waals surface area contributed by atoms with Gasteiger partial charge in [0.2, 0.25) is 5.91 Å². The number of rotatable bonds is 7. The van der Waals surface area contributed by atoms with Crippen LogP contribution in [0.2, 0.25) is 0 Å². The minimum absolute atomic E-state index is 0.0539.